The van der Waals surface area contributed by atoms with Crippen LogP contribution < -0.4 is 10.6 Å². The van der Waals surface area contributed by atoms with Crippen LogP contribution in [0.25, 0.3) is 0 Å². The van der Waals surface area contributed by atoms with Gasteiger partial charge in [0.05, 0.1) is 33.9 Å². The Bertz CT molecular complexity index is 739. The number of para-hydroxylation sites is 1. The van der Waals surface area contributed by atoms with Crippen LogP contribution in [0.15, 0.2) is 30.3 Å². The first-order chi connectivity index (χ1) is 9.52. The molecule has 1 aromatic carbocycles. The first-order valence-electron chi connectivity index (χ1n) is 6.23. The fraction of sp³-hybridized carbons (Fsp3) is 0.133. The van der Waals surface area contributed by atoms with E-state index in [0.29, 0.717) is 22.6 Å². The second kappa shape index (κ2) is 4.16. The number of nitrogen functional groups attached to an aromatic ring is 1. The number of nitrogens with two attached hydrogens (primary N) is 1. The monoisotopic (exact) mass is 267 g/mol. The number of aryl methyl sites for hydroxylation is 2. The van der Waals surface area contributed by atoms with Gasteiger partial charge in [0.2, 0.25) is 0 Å². The van der Waals surface area contributed by atoms with Crippen LogP contribution in [-0.2, 0) is 0 Å². The van der Waals surface area contributed by atoms with E-state index in [1.165, 1.54) is 0 Å². The number of hydrogen-bond donors (Lipinski definition) is 1. The van der Waals surface area contributed by atoms with Crippen LogP contribution in [0.3, 0.4) is 0 Å². The molecule has 0 saturated carbocycles. The van der Waals surface area contributed by atoms with Gasteiger partial charge >= 0.3 is 0 Å². The van der Waals surface area contributed by atoms with Crippen molar-refractivity contribution in [1.29, 1.82) is 0 Å². The molecule has 0 atom stereocenters. The van der Waals surface area contributed by atoms with Gasteiger partial charge in [0.1, 0.15) is 0 Å². The maximum atomic E-state index is 12.5. The lowest BCUT2D eigenvalue weighted by Gasteiger charge is -2.13. The van der Waals surface area contributed by atoms with E-state index in [2.05, 4.69) is 4.98 Å². The Kier molecular flexibility index (Phi) is 2.57. The van der Waals surface area contributed by atoms with Crippen molar-refractivity contribution in [2.45, 2.75) is 13.8 Å². The van der Waals surface area contributed by atoms with Crippen LogP contribution in [0.4, 0.5) is 11.4 Å². The number of aromatic nitrogens is 1. The molecule has 20 heavy (non-hydrogen) atoms. The number of nitrogens with zero attached hydrogens (tertiary/aromatic N) is 2. The van der Waals surface area contributed by atoms with Crippen molar-refractivity contribution in [2.24, 2.45) is 0 Å². The number of anilines is 2. The zero-order valence-electron chi connectivity index (χ0n) is 11.2. The molecule has 1 aliphatic heterocycles. The van der Waals surface area contributed by atoms with Crippen LogP contribution in [0, 0.1) is 13.8 Å². The molecule has 2 heterocycles. The van der Waals surface area contributed by atoms with Gasteiger partial charge in [-0.3, -0.25) is 14.6 Å². The molecular formula is C15H13N3O2. The summed E-state index contributed by atoms with van der Waals surface area (Å²) in [6.45, 7) is 3.44. The van der Waals surface area contributed by atoms with E-state index in [0.717, 1.165) is 4.90 Å². The summed E-state index contributed by atoms with van der Waals surface area (Å²) in [6, 6.07) is 8.81. The summed E-state index contributed by atoms with van der Waals surface area (Å²) in [5.74, 6) is -0.754. The molecule has 0 fully saturated rings. The summed E-state index contributed by atoms with van der Waals surface area (Å²) in [4.78, 5) is 30.4. The van der Waals surface area contributed by atoms with E-state index in [1.54, 1.807) is 38.1 Å². The van der Waals surface area contributed by atoms with Crippen LogP contribution in [-0.4, -0.2) is 16.8 Å². The van der Waals surface area contributed by atoms with E-state index >= 15 is 0 Å². The number of imide groups is 1. The molecule has 0 bridgehead atoms. The van der Waals surface area contributed by atoms with Crippen LogP contribution in [0.2, 0.25) is 0 Å². The number of carbonyl (C=O) groups excluding carboxylic acids is 2. The number of hydrogen-bond acceptors (Lipinski definition) is 4. The van der Waals surface area contributed by atoms with E-state index in [-0.39, 0.29) is 23.1 Å². The average molecular weight is 267 g/mol. The van der Waals surface area contributed by atoms with E-state index in [9.17, 15) is 9.59 Å². The molecule has 100 valence electrons. The van der Waals surface area contributed by atoms with Crippen molar-refractivity contribution >= 4 is 23.2 Å². The lowest BCUT2D eigenvalue weighted by molar-refractivity contribution is 0.0926. The summed E-state index contributed by atoms with van der Waals surface area (Å²) < 4.78 is 0. The highest BCUT2D eigenvalue weighted by Gasteiger charge is 2.40. The molecule has 0 aliphatic carbocycles. The van der Waals surface area contributed by atoms with E-state index in [4.69, 9.17) is 5.73 Å². The average Bonchev–Trinajstić information content (AvgIpc) is 2.69. The molecule has 0 saturated heterocycles. The lowest BCUT2D eigenvalue weighted by Crippen LogP contribution is -2.29. The molecule has 5 heteroatoms. The van der Waals surface area contributed by atoms with Gasteiger partial charge in [0.25, 0.3) is 11.8 Å². The summed E-state index contributed by atoms with van der Waals surface area (Å²) in [5.41, 5.74) is 8.42. The third kappa shape index (κ3) is 1.53. The third-order valence-corrected chi connectivity index (χ3v) is 3.45. The van der Waals surface area contributed by atoms with Crippen molar-refractivity contribution in [3.8, 4) is 0 Å². The van der Waals surface area contributed by atoms with Gasteiger partial charge in [-0.2, -0.15) is 0 Å². The van der Waals surface area contributed by atoms with Crippen molar-refractivity contribution in [1.82, 2.24) is 4.98 Å². The summed E-state index contributed by atoms with van der Waals surface area (Å²) in [6.07, 6.45) is 0. The smallest absolute Gasteiger partial charge is 0.268 e. The predicted molar refractivity (Wildman–Crippen MR) is 75.7 cm³/mol. The molecule has 1 aliphatic rings. The highest BCUT2D eigenvalue weighted by atomic mass is 16.2. The van der Waals surface area contributed by atoms with Crippen LogP contribution in [0.5, 0.6) is 0 Å². The minimum absolute atomic E-state index is 0.267. The lowest BCUT2D eigenvalue weighted by atomic mass is 10.1. The number of fused-ring (bicyclic) bond motifs is 1. The molecule has 2 aromatic rings. The van der Waals surface area contributed by atoms with Gasteiger partial charge < -0.3 is 5.73 Å². The van der Waals surface area contributed by atoms with Crippen LogP contribution >= 0.6 is 0 Å². The number of benzene rings is 1. The Balaban J connectivity index is 2.23. The van der Waals surface area contributed by atoms with Gasteiger partial charge in [-0.15, -0.1) is 0 Å². The van der Waals surface area contributed by atoms with Crippen LogP contribution in [0.1, 0.15) is 32.1 Å². The number of rotatable bonds is 1. The molecule has 0 radical (unpaired) electrons. The molecule has 3 rings (SSSR count). The maximum absolute atomic E-state index is 12.5. The van der Waals surface area contributed by atoms with Crippen molar-refractivity contribution < 1.29 is 9.59 Å². The van der Waals surface area contributed by atoms with Gasteiger partial charge in [-0.1, -0.05) is 18.2 Å². The number of carbonyl (C=O) groups is 2. The first kappa shape index (κ1) is 12.3. The molecule has 1 aromatic heterocycles. The molecule has 0 spiro atoms. The molecular weight excluding hydrogens is 254 g/mol. The Morgan fingerprint density at radius 2 is 1.55 bits per heavy atom. The highest BCUT2D eigenvalue weighted by Crippen LogP contribution is 2.33. The van der Waals surface area contributed by atoms with Gasteiger partial charge in [-0.05, 0) is 26.0 Å². The summed E-state index contributed by atoms with van der Waals surface area (Å²) in [5, 5.41) is 0. The van der Waals surface area contributed by atoms with E-state index < -0.39 is 0 Å². The Labute approximate surface area is 116 Å². The molecule has 0 unspecified atom stereocenters. The standard InChI is InChI=1S/C15H13N3O2/c1-8-11-12(13(16)9(2)17-8)15(20)18(14(11)19)10-6-4-3-5-7-10/h3-7H,16H2,1-2H3. The first-order valence-corrected chi connectivity index (χ1v) is 6.23. The topological polar surface area (TPSA) is 76.3 Å². The summed E-state index contributed by atoms with van der Waals surface area (Å²) in [7, 11) is 0. The van der Waals surface area contributed by atoms with Crippen molar-refractivity contribution in [2.75, 3.05) is 10.6 Å². The van der Waals surface area contributed by atoms with Crippen molar-refractivity contribution in [3.05, 3.63) is 52.8 Å². The third-order valence-electron chi connectivity index (χ3n) is 3.45. The second-order valence-corrected chi connectivity index (χ2v) is 4.73. The molecule has 2 amide bonds. The SMILES string of the molecule is Cc1nc(C)c2c(c1N)C(=O)N(c1ccccc1)C2=O. The van der Waals surface area contributed by atoms with Gasteiger partial charge in [-0.25, -0.2) is 4.90 Å². The molecule has 2 N–H and O–H groups in total. The zero-order valence-corrected chi connectivity index (χ0v) is 11.2. The minimum atomic E-state index is -0.387. The van der Waals surface area contributed by atoms with Gasteiger partial charge in [0, 0.05) is 0 Å². The van der Waals surface area contributed by atoms with Crippen molar-refractivity contribution in [3.63, 3.8) is 0 Å². The predicted octanol–water partition coefficient (Wildman–Crippen LogP) is 2.08. The molecule has 5 nitrogen and oxygen atoms in total. The fourth-order valence-corrected chi connectivity index (χ4v) is 2.48. The normalized spacial score (nSPS) is 13.8. The van der Waals surface area contributed by atoms with Gasteiger partial charge in [0.15, 0.2) is 0 Å². The minimum Gasteiger partial charge on any atom is -0.397 e. The zero-order chi connectivity index (χ0) is 14.4. The number of amides is 2. The quantitative estimate of drug-likeness (QED) is 0.802. The largest absolute Gasteiger partial charge is 0.397 e. The highest BCUT2D eigenvalue weighted by molar-refractivity contribution is 6.36. The Morgan fingerprint density at radius 1 is 0.950 bits per heavy atom. The number of pyridine rings is 1. The second-order valence-electron chi connectivity index (χ2n) is 4.73. The summed E-state index contributed by atoms with van der Waals surface area (Å²) >= 11 is 0. The Hall–Kier alpha value is -2.69. The maximum Gasteiger partial charge on any atom is 0.268 e. The fourth-order valence-electron chi connectivity index (χ4n) is 2.48. The van der Waals surface area contributed by atoms with E-state index in [1.807, 2.05) is 6.07 Å². The Morgan fingerprint density at radius 3 is 2.20 bits per heavy atom.